The van der Waals surface area contributed by atoms with Gasteiger partial charge in [-0.1, -0.05) is 50.3 Å². The number of likely N-dealkylation sites (tertiary alicyclic amines) is 1. The Bertz CT molecular complexity index is 1070. The molecule has 2 saturated heterocycles. The number of hydrogen-bond donors (Lipinski definition) is 1. The molecule has 2 aliphatic rings. The van der Waals surface area contributed by atoms with Crippen LogP contribution in [0.2, 0.25) is 0 Å². The number of carbonyl (C=O) groups is 2. The highest BCUT2D eigenvalue weighted by atomic mass is 16.6. The van der Waals surface area contributed by atoms with Crippen LogP contribution in [0.25, 0.3) is 0 Å². The van der Waals surface area contributed by atoms with Crippen molar-refractivity contribution in [2.75, 3.05) is 26.2 Å². The van der Waals surface area contributed by atoms with E-state index < -0.39 is 11.2 Å². The van der Waals surface area contributed by atoms with Gasteiger partial charge in [-0.3, -0.25) is 4.79 Å². The Kier molecular flexibility index (Phi) is 10.5. The predicted molar refractivity (Wildman–Crippen MR) is 157 cm³/mol. The zero-order valence-corrected chi connectivity index (χ0v) is 25.5. The van der Waals surface area contributed by atoms with Gasteiger partial charge in [0.15, 0.2) is 0 Å². The van der Waals surface area contributed by atoms with Gasteiger partial charge in [-0.05, 0) is 78.1 Å². The van der Waals surface area contributed by atoms with Crippen LogP contribution < -0.4 is 0 Å². The topological polar surface area (TPSA) is 82.6 Å². The number of rotatable bonds is 9. The highest BCUT2D eigenvalue weighted by Crippen LogP contribution is 2.34. The normalized spacial score (nSPS) is 20.9. The first-order valence-corrected chi connectivity index (χ1v) is 14.6. The van der Waals surface area contributed by atoms with Crippen LogP contribution in [0.1, 0.15) is 91.3 Å². The van der Waals surface area contributed by atoms with Crippen molar-refractivity contribution in [1.82, 2.24) is 14.7 Å². The summed E-state index contributed by atoms with van der Waals surface area (Å²) in [6, 6.07) is 7.43. The summed E-state index contributed by atoms with van der Waals surface area (Å²) in [6.45, 7) is 19.2. The Labute approximate surface area is 240 Å². The van der Waals surface area contributed by atoms with E-state index in [1.807, 2.05) is 67.8 Å². The van der Waals surface area contributed by atoms with Crippen molar-refractivity contribution in [3.63, 3.8) is 0 Å². The summed E-state index contributed by atoms with van der Waals surface area (Å²) in [5.41, 5.74) is 0.710. The zero-order valence-electron chi connectivity index (χ0n) is 25.5. The van der Waals surface area contributed by atoms with Gasteiger partial charge in [0.1, 0.15) is 11.3 Å². The van der Waals surface area contributed by atoms with Crippen molar-refractivity contribution in [3.8, 4) is 0 Å². The number of ether oxygens (including phenoxy) is 2. The quantitative estimate of drug-likeness (QED) is 0.310. The molecular weight excluding hydrogens is 506 g/mol. The summed E-state index contributed by atoms with van der Waals surface area (Å²) in [5.74, 6) is -0.0833. The van der Waals surface area contributed by atoms with Gasteiger partial charge in [0.25, 0.3) is 5.91 Å². The molecule has 0 saturated carbocycles. The molecule has 0 spiro atoms. The van der Waals surface area contributed by atoms with E-state index in [1.54, 1.807) is 24.9 Å². The molecule has 222 valence electrons. The Morgan fingerprint density at radius 2 is 1.93 bits per heavy atom. The van der Waals surface area contributed by atoms with Crippen LogP contribution in [0.4, 0.5) is 4.79 Å². The molecule has 2 aliphatic heterocycles. The lowest BCUT2D eigenvalue weighted by Crippen LogP contribution is -2.62. The largest absolute Gasteiger partial charge is 0.444 e. The fourth-order valence-electron chi connectivity index (χ4n) is 5.57. The van der Waals surface area contributed by atoms with Crippen molar-refractivity contribution < 1.29 is 24.2 Å². The van der Waals surface area contributed by atoms with Gasteiger partial charge in [0.2, 0.25) is 0 Å². The Morgan fingerprint density at radius 1 is 1.23 bits per heavy atom. The van der Waals surface area contributed by atoms with Crippen LogP contribution >= 0.6 is 0 Å². The molecule has 2 amide bonds. The van der Waals surface area contributed by atoms with Gasteiger partial charge in [0, 0.05) is 19.6 Å². The van der Waals surface area contributed by atoms with E-state index in [1.165, 1.54) is 0 Å². The van der Waals surface area contributed by atoms with E-state index in [4.69, 9.17) is 9.47 Å². The number of unbranched alkanes of at least 4 members (excludes halogenated alkanes) is 2. The van der Waals surface area contributed by atoms with E-state index in [0.717, 1.165) is 30.4 Å². The number of allylic oxidation sites excluding steroid dienone is 1. The monoisotopic (exact) mass is 555 g/mol. The van der Waals surface area contributed by atoms with Gasteiger partial charge < -0.3 is 29.3 Å². The number of carbonyl (C=O) groups excluding carboxylic acids is 2. The standard InChI is InChI=1S/C32H49N3O5/c1-9-11-12-17-27(34(10-2)23(3)24-15-13-14-16-25(24)32(7,8)38)29(36)33-19-18-26-28(22-33)39-21-20-35(26)30(37)40-31(4,5)6/h10,13-17,23,26,28,38H,2,9,11-12,18-22H2,1,3-8H3. The highest BCUT2D eigenvalue weighted by Gasteiger charge is 2.42. The Hall–Kier alpha value is -2.84. The van der Waals surface area contributed by atoms with Crippen LogP contribution in [0.5, 0.6) is 0 Å². The van der Waals surface area contributed by atoms with Gasteiger partial charge >= 0.3 is 6.09 Å². The van der Waals surface area contributed by atoms with Crippen molar-refractivity contribution >= 4 is 12.0 Å². The molecule has 1 aromatic carbocycles. The summed E-state index contributed by atoms with van der Waals surface area (Å²) < 4.78 is 11.7. The fourth-order valence-corrected chi connectivity index (χ4v) is 5.57. The third-order valence-electron chi connectivity index (χ3n) is 7.58. The maximum atomic E-state index is 14.1. The summed E-state index contributed by atoms with van der Waals surface area (Å²) in [7, 11) is 0. The number of nitrogens with zero attached hydrogens (tertiary/aromatic N) is 3. The maximum absolute atomic E-state index is 14.1. The second kappa shape index (κ2) is 13.2. The first kappa shape index (κ1) is 31.7. The Morgan fingerprint density at radius 3 is 2.55 bits per heavy atom. The molecule has 3 rings (SSSR count). The van der Waals surface area contributed by atoms with Crippen LogP contribution in [-0.2, 0) is 19.9 Å². The minimum absolute atomic E-state index is 0.0833. The molecule has 8 heteroatoms. The molecule has 2 fully saturated rings. The number of morpholine rings is 1. The van der Waals surface area contributed by atoms with Crippen LogP contribution in [-0.4, -0.2) is 75.8 Å². The third-order valence-corrected chi connectivity index (χ3v) is 7.58. The molecule has 8 nitrogen and oxygen atoms in total. The SMILES string of the molecule is C=CN(C(=CCCCC)C(=O)N1CCC2C(C1)OCCN2C(=O)OC(C)(C)C)C(C)c1ccccc1C(C)(C)O. The van der Waals surface area contributed by atoms with E-state index in [-0.39, 0.29) is 30.2 Å². The predicted octanol–water partition coefficient (Wildman–Crippen LogP) is 5.73. The number of fused-ring (bicyclic) bond motifs is 1. The molecule has 0 bridgehead atoms. The number of hydrogen-bond acceptors (Lipinski definition) is 6. The first-order valence-electron chi connectivity index (χ1n) is 14.6. The second-order valence-corrected chi connectivity index (χ2v) is 12.3. The van der Waals surface area contributed by atoms with Crippen molar-refractivity contribution in [3.05, 3.63) is 59.9 Å². The molecule has 1 N–H and O–H groups in total. The van der Waals surface area contributed by atoms with E-state index >= 15 is 0 Å². The molecule has 0 aromatic heterocycles. The highest BCUT2D eigenvalue weighted by molar-refractivity contribution is 5.93. The molecule has 1 aromatic rings. The average Bonchev–Trinajstić information content (AvgIpc) is 2.90. The molecule has 0 radical (unpaired) electrons. The van der Waals surface area contributed by atoms with Crippen LogP contribution in [0.3, 0.4) is 0 Å². The Balaban J connectivity index is 1.85. The molecule has 40 heavy (non-hydrogen) atoms. The molecule has 2 heterocycles. The smallest absolute Gasteiger partial charge is 0.410 e. The van der Waals surface area contributed by atoms with Crippen molar-refractivity contribution in [1.29, 1.82) is 0 Å². The van der Waals surface area contributed by atoms with Crippen LogP contribution in [0.15, 0.2) is 48.8 Å². The van der Waals surface area contributed by atoms with E-state index in [2.05, 4.69) is 13.5 Å². The molecular formula is C32H49N3O5. The second-order valence-electron chi connectivity index (χ2n) is 12.3. The lowest BCUT2D eigenvalue weighted by molar-refractivity contribution is -0.141. The van der Waals surface area contributed by atoms with E-state index in [9.17, 15) is 14.7 Å². The molecule has 0 aliphatic carbocycles. The van der Waals surface area contributed by atoms with Crippen molar-refractivity contribution in [2.24, 2.45) is 0 Å². The number of aliphatic hydroxyl groups is 1. The minimum atomic E-state index is -1.03. The lowest BCUT2D eigenvalue weighted by Gasteiger charge is -2.47. The number of benzene rings is 1. The van der Waals surface area contributed by atoms with Gasteiger partial charge in [-0.25, -0.2) is 4.79 Å². The van der Waals surface area contributed by atoms with Gasteiger partial charge in [-0.2, -0.15) is 0 Å². The maximum Gasteiger partial charge on any atom is 0.410 e. The molecule has 3 unspecified atom stereocenters. The van der Waals surface area contributed by atoms with Gasteiger partial charge in [0.05, 0.1) is 30.4 Å². The lowest BCUT2D eigenvalue weighted by atomic mass is 9.89. The number of amides is 2. The molecule has 3 atom stereocenters. The van der Waals surface area contributed by atoms with Gasteiger partial charge in [-0.15, -0.1) is 0 Å². The summed E-state index contributed by atoms with van der Waals surface area (Å²) in [5, 5.41) is 10.8. The summed E-state index contributed by atoms with van der Waals surface area (Å²) in [6.07, 6.45) is 6.48. The minimum Gasteiger partial charge on any atom is -0.444 e. The summed E-state index contributed by atoms with van der Waals surface area (Å²) >= 11 is 0. The summed E-state index contributed by atoms with van der Waals surface area (Å²) in [4.78, 5) is 32.6. The zero-order chi connectivity index (χ0) is 29.7. The van der Waals surface area contributed by atoms with Crippen molar-refractivity contribution in [2.45, 2.75) is 104 Å². The van der Waals surface area contributed by atoms with Crippen LogP contribution in [0, 0.1) is 0 Å². The third kappa shape index (κ3) is 7.67. The number of piperidine rings is 1. The average molecular weight is 556 g/mol. The first-order chi connectivity index (χ1) is 18.8. The van der Waals surface area contributed by atoms with E-state index in [0.29, 0.717) is 38.4 Å². The fraction of sp³-hybridized carbons (Fsp3) is 0.625.